The van der Waals surface area contributed by atoms with E-state index in [9.17, 15) is 14.7 Å². The summed E-state index contributed by atoms with van der Waals surface area (Å²) >= 11 is 0. The molecule has 1 N–H and O–H groups in total. The maximum absolute atomic E-state index is 12.7. The molecule has 0 spiro atoms. The molecule has 1 aromatic heterocycles. The fourth-order valence-corrected chi connectivity index (χ4v) is 3.67. The third-order valence-corrected chi connectivity index (χ3v) is 5.27. The summed E-state index contributed by atoms with van der Waals surface area (Å²) in [4.78, 5) is 32.5. The van der Waals surface area contributed by atoms with Gasteiger partial charge in [0.25, 0.3) is 5.91 Å². The SMILES string of the molecule is CC1(C(=O)O)CCCN1C(=O)c1ccc(N2CCCCCC2)nc1. The Morgan fingerprint density at radius 1 is 1.08 bits per heavy atom. The Hall–Kier alpha value is -2.11. The summed E-state index contributed by atoms with van der Waals surface area (Å²) in [5.41, 5.74) is -0.650. The van der Waals surface area contributed by atoms with E-state index in [1.807, 2.05) is 6.07 Å². The maximum atomic E-state index is 12.7. The first-order chi connectivity index (χ1) is 11.5. The summed E-state index contributed by atoms with van der Waals surface area (Å²) < 4.78 is 0. The van der Waals surface area contributed by atoms with Crippen molar-refractivity contribution >= 4 is 17.7 Å². The van der Waals surface area contributed by atoms with Crippen molar-refractivity contribution in [3.05, 3.63) is 23.9 Å². The lowest BCUT2D eigenvalue weighted by Gasteiger charge is -2.31. The summed E-state index contributed by atoms with van der Waals surface area (Å²) in [6.07, 6.45) is 7.66. The molecule has 6 heteroatoms. The topological polar surface area (TPSA) is 73.7 Å². The Morgan fingerprint density at radius 2 is 1.79 bits per heavy atom. The summed E-state index contributed by atoms with van der Waals surface area (Å²) in [5, 5.41) is 9.46. The number of pyridine rings is 1. The van der Waals surface area contributed by atoms with Gasteiger partial charge < -0.3 is 14.9 Å². The first kappa shape index (κ1) is 16.7. The molecule has 130 valence electrons. The number of aromatic nitrogens is 1. The molecule has 3 heterocycles. The summed E-state index contributed by atoms with van der Waals surface area (Å²) in [5.74, 6) is -0.286. The minimum atomic E-state index is -1.11. The normalized spacial score (nSPS) is 24.7. The van der Waals surface area contributed by atoms with Gasteiger partial charge in [-0.1, -0.05) is 12.8 Å². The van der Waals surface area contributed by atoms with E-state index in [0.717, 1.165) is 18.9 Å². The van der Waals surface area contributed by atoms with Crippen LogP contribution >= 0.6 is 0 Å². The first-order valence-electron chi connectivity index (χ1n) is 8.79. The maximum Gasteiger partial charge on any atom is 0.329 e. The lowest BCUT2D eigenvalue weighted by molar-refractivity contribution is -0.147. The van der Waals surface area contributed by atoms with E-state index < -0.39 is 11.5 Å². The van der Waals surface area contributed by atoms with E-state index in [1.165, 1.54) is 30.6 Å². The monoisotopic (exact) mass is 331 g/mol. The highest BCUT2D eigenvalue weighted by Crippen LogP contribution is 2.31. The zero-order valence-corrected chi connectivity index (χ0v) is 14.2. The zero-order chi connectivity index (χ0) is 17.2. The number of carboxylic acid groups (broad SMARTS) is 1. The Kier molecular flexibility index (Phi) is 4.73. The number of anilines is 1. The fourth-order valence-electron chi connectivity index (χ4n) is 3.67. The third-order valence-electron chi connectivity index (χ3n) is 5.27. The standard InChI is InChI=1S/C18H25N3O3/c1-18(17(23)24)9-6-12-21(18)16(22)14-7-8-15(19-13-14)20-10-4-2-3-5-11-20/h7-8,13H,2-6,9-12H2,1H3,(H,23,24). The lowest BCUT2D eigenvalue weighted by Crippen LogP contribution is -2.50. The van der Waals surface area contributed by atoms with Crippen molar-refractivity contribution in [2.24, 2.45) is 0 Å². The van der Waals surface area contributed by atoms with E-state index >= 15 is 0 Å². The summed E-state index contributed by atoms with van der Waals surface area (Å²) in [6, 6.07) is 3.66. The van der Waals surface area contributed by atoms with Crippen LogP contribution in [0, 0.1) is 0 Å². The lowest BCUT2D eigenvalue weighted by atomic mass is 9.99. The molecule has 0 aliphatic carbocycles. The van der Waals surface area contributed by atoms with Crippen LogP contribution in [0.25, 0.3) is 0 Å². The fraction of sp³-hybridized carbons (Fsp3) is 0.611. The number of carbonyl (C=O) groups excluding carboxylic acids is 1. The molecule has 24 heavy (non-hydrogen) atoms. The van der Waals surface area contributed by atoms with Gasteiger partial charge in [0.2, 0.25) is 0 Å². The molecular formula is C18H25N3O3. The van der Waals surface area contributed by atoms with E-state index in [0.29, 0.717) is 24.9 Å². The smallest absolute Gasteiger partial charge is 0.329 e. The number of amides is 1. The first-order valence-corrected chi connectivity index (χ1v) is 8.79. The molecule has 2 aliphatic rings. The second-order valence-corrected chi connectivity index (χ2v) is 6.95. The number of nitrogens with zero attached hydrogens (tertiary/aromatic N) is 3. The highest BCUT2D eigenvalue weighted by Gasteiger charge is 2.46. The molecule has 2 fully saturated rings. The van der Waals surface area contributed by atoms with Gasteiger partial charge in [0.05, 0.1) is 5.56 Å². The Morgan fingerprint density at radius 3 is 2.38 bits per heavy atom. The average Bonchev–Trinajstić information content (AvgIpc) is 2.81. The molecule has 6 nitrogen and oxygen atoms in total. The van der Waals surface area contributed by atoms with Crippen LogP contribution in [-0.2, 0) is 4.79 Å². The molecule has 0 aromatic carbocycles. The number of hydrogen-bond donors (Lipinski definition) is 1. The molecule has 1 aromatic rings. The molecule has 3 rings (SSSR count). The zero-order valence-electron chi connectivity index (χ0n) is 14.2. The number of aliphatic carboxylic acids is 1. The van der Waals surface area contributed by atoms with Gasteiger partial charge in [-0.05, 0) is 44.7 Å². The van der Waals surface area contributed by atoms with Crippen molar-refractivity contribution in [1.82, 2.24) is 9.88 Å². The van der Waals surface area contributed by atoms with E-state index in [1.54, 1.807) is 19.2 Å². The summed E-state index contributed by atoms with van der Waals surface area (Å²) in [6.45, 7) is 4.11. The van der Waals surface area contributed by atoms with E-state index in [-0.39, 0.29) is 5.91 Å². The van der Waals surface area contributed by atoms with Crippen molar-refractivity contribution < 1.29 is 14.7 Å². The minimum Gasteiger partial charge on any atom is -0.480 e. The molecule has 0 saturated carbocycles. The Bertz CT molecular complexity index is 608. The van der Waals surface area contributed by atoms with Gasteiger partial charge in [-0.2, -0.15) is 0 Å². The van der Waals surface area contributed by atoms with Gasteiger partial charge in [0.15, 0.2) is 0 Å². The highest BCUT2D eigenvalue weighted by atomic mass is 16.4. The molecule has 0 bridgehead atoms. The second kappa shape index (κ2) is 6.79. The molecule has 1 atom stereocenters. The summed E-state index contributed by atoms with van der Waals surface area (Å²) in [7, 11) is 0. The van der Waals surface area contributed by atoms with Crippen LogP contribution < -0.4 is 4.90 Å². The number of carbonyl (C=O) groups is 2. The van der Waals surface area contributed by atoms with E-state index in [4.69, 9.17) is 0 Å². The molecule has 1 amide bonds. The van der Waals surface area contributed by atoms with Crippen molar-refractivity contribution in [2.75, 3.05) is 24.5 Å². The number of rotatable bonds is 3. The molecule has 1 unspecified atom stereocenters. The molecular weight excluding hydrogens is 306 g/mol. The third kappa shape index (κ3) is 3.09. The van der Waals surface area contributed by atoms with Gasteiger partial charge in [0.1, 0.15) is 11.4 Å². The quantitative estimate of drug-likeness (QED) is 0.921. The number of likely N-dealkylation sites (tertiary alicyclic amines) is 1. The Labute approximate surface area is 142 Å². The Balaban J connectivity index is 1.75. The van der Waals surface area contributed by atoms with Crippen LogP contribution in [0.4, 0.5) is 5.82 Å². The van der Waals surface area contributed by atoms with Crippen LogP contribution in [0.5, 0.6) is 0 Å². The minimum absolute atomic E-state index is 0.243. The van der Waals surface area contributed by atoms with Crippen molar-refractivity contribution in [3.8, 4) is 0 Å². The van der Waals surface area contributed by atoms with Gasteiger partial charge in [-0.15, -0.1) is 0 Å². The predicted octanol–water partition coefficient (Wildman–Crippen LogP) is 2.54. The van der Waals surface area contributed by atoms with Gasteiger partial charge in [-0.3, -0.25) is 4.79 Å². The second-order valence-electron chi connectivity index (χ2n) is 6.95. The number of hydrogen-bond acceptors (Lipinski definition) is 4. The van der Waals surface area contributed by atoms with Crippen molar-refractivity contribution in [2.45, 2.75) is 51.0 Å². The molecule has 2 aliphatic heterocycles. The largest absolute Gasteiger partial charge is 0.480 e. The van der Waals surface area contributed by atoms with Crippen LogP contribution in [0.3, 0.4) is 0 Å². The molecule has 0 radical (unpaired) electrons. The van der Waals surface area contributed by atoms with Gasteiger partial charge in [-0.25, -0.2) is 9.78 Å². The van der Waals surface area contributed by atoms with E-state index in [2.05, 4.69) is 9.88 Å². The van der Waals surface area contributed by atoms with Crippen LogP contribution in [-0.4, -0.2) is 52.0 Å². The van der Waals surface area contributed by atoms with Crippen molar-refractivity contribution in [1.29, 1.82) is 0 Å². The van der Waals surface area contributed by atoms with Crippen LogP contribution in [0.15, 0.2) is 18.3 Å². The van der Waals surface area contributed by atoms with Gasteiger partial charge in [0, 0.05) is 25.8 Å². The molecule has 2 saturated heterocycles. The predicted molar refractivity (Wildman–Crippen MR) is 91.2 cm³/mol. The van der Waals surface area contributed by atoms with Crippen LogP contribution in [0.1, 0.15) is 55.8 Å². The van der Waals surface area contributed by atoms with Crippen molar-refractivity contribution in [3.63, 3.8) is 0 Å². The number of carboxylic acids is 1. The average molecular weight is 331 g/mol. The van der Waals surface area contributed by atoms with Gasteiger partial charge >= 0.3 is 5.97 Å². The highest BCUT2D eigenvalue weighted by molar-refractivity contribution is 5.98. The van der Waals surface area contributed by atoms with Crippen LogP contribution in [0.2, 0.25) is 0 Å².